The minimum absolute atomic E-state index is 0.0697. The minimum Gasteiger partial charge on any atom is -0.504 e. The molecule has 24 heavy (non-hydrogen) atoms. The summed E-state index contributed by atoms with van der Waals surface area (Å²) in [6.07, 6.45) is 1.74. The highest BCUT2D eigenvalue weighted by atomic mass is 16.5. The largest absolute Gasteiger partial charge is 0.504 e. The highest BCUT2D eigenvalue weighted by molar-refractivity contribution is 6.14. The summed E-state index contributed by atoms with van der Waals surface area (Å²) in [4.78, 5) is 12.7. The lowest BCUT2D eigenvalue weighted by molar-refractivity contribution is 0.100. The number of phenols is 1. The zero-order chi connectivity index (χ0) is 17.1. The van der Waals surface area contributed by atoms with Crippen molar-refractivity contribution in [1.82, 2.24) is 0 Å². The van der Waals surface area contributed by atoms with Gasteiger partial charge in [0.2, 0.25) is 0 Å². The van der Waals surface area contributed by atoms with Gasteiger partial charge in [-0.2, -0.15) is 0 Å². The first-order valence-electron chi connectivity index (χ1n) is 7.64. The van der Waals surface area contributed by atoms with E-state index in [9.17, 15) is 9.90 Å². The van der Waals surface area contributed by atoms with Crippen LogP contribution in [0.25, 0.3) is 6.08 Å². The molecule has 5 nitrogen and oxygen atoms in total. The molecule has 0 radical (unpaired) electrons. The standard InChI is InChI=1S/C19H18O5/c1-3-23-18-9-12(4-6-16(18)20)8-13-11-24-17-7-5-14(22-2)10-15(17)19(13)21/h4-10,20H,3,11H2,1-2H3. The fraction of sp³-hybridized carbons (Fsp3) is 0.211. The van der Waals surface area contributed by atoms with E-state index in [4.69, 9.17) is 14.2 Å². The van der Waals surface area contributed by atoms with Crippen LogP contribution in [0.3, 0.4) is 0 Å². The summed E-state index contributed by atoms with van der Waals surface area (Å²) in [5, 5.41) is 9.76. The first kappa shape index (κ1) is 15.9. The molecule has 5 heteroatoms. The fourth-order valence-electron chi connectivity index (χ4n) is 2.53. The molecule has 0 fully saturated rings. The van der Waals surface area contributed by atoms with Crippen LogP contribution in [0.4, 0.5) is 0 Å². The van der Waals surface area contributed by atoms with Crippen LogP contribution < -0.4 is 14.2 Å². The zero-order valence-electron chi connectivity index (χ0n) is 13.5. The second-order valence-electron chi connectivity index (χ2n) is 5.31. The molecule has 0 bridgehead atoms. The SMILES string of the molecule is CCOc1cc(C=C2COc3ccc(OC)cc3C2=O)ccc1O. The maximum atomic E-state index is 12.7. The summed E-state index contributed by atoms with van der Waals surface area (Å²) in [7, 11) is 1.55. The Morgan fingerprint density at radius 1 is 1.25 bits per heavy atom. The quantitative estimate of drug-likeness (QED) is 0.872. The van der Waals surface area contributed by atoms with E-state index in [0.717, 1.165) is 5.56 Å². The van der Waals surface area contributed by atoms with Crippen LogP contribution in [0.15, 0.2) is 42.0 Å². The molecule has 1 N–H and O–H groups in total. The molecule has 0 saturated heterocycles. The van der Waals surface area contributed by atoms with Gasteiger partial charge in [0, 0.05) is 5.57 Å². The van der Waals surface area contributed by atoms with E-state index >= 15 is 0 Å². The molecule has 0 aliphatic carbocycles. The number of carbonyl (C=O) groups is 1. The van der Waals surface area contributed by atoms with Gasteiger partial charge in [-0.15, -0.1) is 0 Å². The number of fused-ring (bicyclic) bond motifs is 1. The smallest absolute Gasteiger partial charge is 0.196 e. The van der Waals surface area contributed by atoms with Crippen LogP contribution in [0, 0.1) is 0 Å². The van der Waals surface area contributed by atoms with Crippen LogP contribution in [-0.2, 0) is 0 Å². The molecule has 0 spiro atoms. The number of aromatic hydroxyl groups is 1. The molecule has 2 aromatic rings. The third-order valence-electron chi connectivity index (χ3n) is 3.73. The van der Waals surface area contributed by atoms with Crippen molar-refractivity contribution in [1.29, 1.82) is 0 Å². The molecule has 1 heterocycles. The van der Waals surface area contributed by atoms with Crippen LogP contribution in [0.1, 0.15) is 22.8 Å². The van der Waals surface area contributed by atoms with Gasteiger partial charge in [-0.05, 0) is 48.9 Å². The van der Waals surface area contributed by atoms with E-state index in [1.807, 2.05) is 6.92 Å². The lowest BCUT2D eigenvalue weighted by Gasteiger charge is -2.19. The first-order chi connectivity index (χ1) is 11.6. The Hall–Kier alpha value is -2.95. The van der Waals surface area contributed by atoms with Crippen molar-refractivity contribution in [3.63, 3.8) is 0 Å². The van der Waals surface area contributed by atoms with Gasteiger partial charge in [-0.25, -0.2) is 0 Å². The van der Waals surface area contributed by atoms with E-state index in [1.54, 1.807) is 49.6 Å². The van der Waals surface area contributed by atoms with Crippen molar-refractivity contribution in [2.45, 2.75) is 6.92 Å². The molecule has 1 aliphatic rings. The van der Waals surface area contributed by atoms with Gasteiger partial charge in [-0.3, -0.25) is 4.79 Å². The molecule has 0 atom stereocenters. The summed E-state index contributed by atoms with van der Waals surface area (Å²) in [5.74, 6) is 1.52. The van der Waals surface area contributed by atoms with E-state index in [1.165, 1.54) is 0 Å². The second-order valence-corrected chi connectivity index (χ2v) is 5.31. The van der Waals surface area contributed by atoms with Gasteiger partial charge >= 0.3 is 0 Å². The average Bonchev–Trinajstić information content (AvgIpc) is 2.60. The molecule has 0 aromatic heterocycles. The fourth-order valence-corrected chi connectivity index (χ4v) is 2.53. The lowest BCUT2D eigenvalue weighted by atomic mass is 9.98. The van der Waals surface area contributed by atoms with Crippen molar-refractivity contribution >= 4 is 11.9 Å². The number of hydrogen-bond donors (Lipinski definition) is 1. The summed E-state index contributed by atoms with van der Waals surface area (Å²) >= 11 is 0. The van der Waals surface area contributed by atoms with Crippen molar-refractivity contribution in [3.05, 3.63) is 53.1 Å². The molecular weight excluding hydrogens is 308 g/mol. The number of carbonyl (C=O) groups excluding carboxylic acids is 1. The number of Topliss-reactive ketones (excluding diaryl/α,β-unsaturated/α-hetero) is 1. The maximum Gasteiger partial charge on any atom is 0.196 e. The van der Waals surface area contributed by atoms with E-state index in [0.29, 0.717) is 35.0 Å². The van der Waals surface area contributed by atoms with Gasteiger partial charge in [0.1, 0.15) is 18.1 Å². The topological polar surface area (TPSA) is 65.0 Å². The number of phenolic OH excluding ortho intramolecular Hbond substituents is 1. The summed E-state index contributed by atoms with van der Waals surface area (Å²) in [5.41, 5.74) is 1.77. The number of ketones is 1. The number of ether oxygens (including phenoxy) is 3. The molecular formula is C19H18O5. The Labute approximate surface area is 140 Å². The van der Waals surface area contributed by atoms with Crippen LogP contribution in [-0.4, -0.2) is 31.2 Å². The minimum atomic E-state index is -0.0961. The highest BCUT2D eigenvalue weighted by Gasteiger charge is 2.24. The third-order valence-corrected chi connectivity index (χ3v) is 3.73. The maximum absolute atomic E-state index is 12.7. The van der Waals surface area contributed by atoms with Gasteiger partial charge < -0.3 is 19.3 Å². The van der Waals surface area contributed by atoms with Gasteiger partial charge in [0.05, 0.1) is 19.3 Å². The number of hydrogen-bond acceptors (Lipinski definition) is 5. The van der Waals surface area contributed by atoms with Crippen LogP contribution in [0.5, 0.6) is 23.0 Å². The summed E-state index contributed by atoms with van der Waals surface area (Å²) < 4.78 is 16.2. The van der Waals surface area contributed by atoms with Crippen molar-refractivity contribution < 1.29 is 24.1 Å². The second kappa shape index (κ2) is 6.66. The van der Waals surface area contributed by atoms with Crippen molar-refractivity contribution in [2.24, 2.45) is 0 Å². The zero-order valence-corrected chi connectivity index (χ0v) is 13.5. The average molecular weight is 326 g/mol. The Balaban J connectivity index is 1.94. The van der Waals surface area contributed by atoms with Crippen molar-refractivity contribution in [3.8, 4) is 23.0 Å². The Bertz CT molecular complexity index is 807. The Morgan fingerprint density at radius 2 is 2.08 bits per heavy atom. The molecule has 124 valence electrons. The molecule has 0 unspecified atom stereocenters. The lowest BCUT2D eigenvalue weighted by Crippen LogP contribution is -2.19. The number of rotatable bonds is 4. The number of benzene rings is 2. The normalized spacial score (nSPS) is 14.9. The number of methoxy groups -OCH3 is 1. The van der Waals surface area contributed by atoms with Gasteiger partial charge in [0.15, 0.2) is 17.3 Å². The Kier molecular flexibility index (Phi) is 4.42. The van der Waals surface area contributed by atoms with Crippen LogP contribution in [0.2, 0.25) is 0 Å². The molecule has 1 aliphatic heterocycles. The molecule has 3 rings (SSSR count). The van der Waals surface area contributed by atoms with Gasteiger partial charge in [-0.1, -0.05) is 6.07 Å². The predicted octanol–water partition coefficient (Wildman–Crippen LogP) is 3.46. The summed E-state index contributed by atoms with van der Waals surface area (Å²) in [6, 6.07) is 10.1. The molecule has 2 aromatic carbocycles. The van der Waals surface area contributed by atoms with E-state index in [-0.39, 0.29) is 18.1 Å². The molecule has 0 amide bonds. The van der Waals surface area contributed by atoms with Crippen LogP contribution >= 0.6 is 0 Å². The Morgan fingerprint density at radius 3 is 2.83 bits per heavy atom. The summed E-state index contributed by atoms with van der Waals surface area (Å²) in [6.45, 7) is 2.49. The third kappa shape index (κ3) is 3.06. The highest BCUT2D eigenvalue weighted by Crippen LogP contribution is 2.32. The van der Waals surface area contributed by atoms with Gasteiger partial charge in [0.25, 0.3) is 0 Å². The monoisotopic (exact) mass is 326 g/mol. The predicted molar refractivity (Wildman–Crippen MR) is 90.1 cm³/mol. The van der Waals surface area contributed by atoms with Crippen molar-refractivity contribution in [2.75, 3.05) is 20.3 Å². The first-order valence-corrected chi connectivity index (χ1v) is 7.64. The molecule has 0 saturated carbocycles. The van der Waals surface area contributed by atoms with E-state index < -0.39 is 0 Å². The van der Waals surface area contributed by atoms with E-state index in [2.05, 4.69) is 0 Å².